The van der Waals surface area contributed by atoms with Gasteiger partial charge in [-0.2, -0.15) is 0 Å². The molecule has 0 aliphatic carbocycles. The van der Waals surface area contributed by atoms with Crippen LogP contribution in [0.3, 0.4) is 0 Å². The molecule has 0 amide bonds. The van der Waals surface area contributed by atoms with Gasteiger partial charge in [-0.15, -0.1) is 0 Å². The van der Waals surface area contributed by atoms with Crippen LogP contribution in [0.25, 0.3) is 0 Å². The Kier molecular flexibility index (Phi) is 4.22. The molecule has 132 valence electrons. The second-order valence-electron chi connectivity index (χ2n) is 6.28. The lowest BCUT2D eigenvalue weighted by Crippen LogP contribution is -2.30. The van der Waals surface area contributed by atoms with Gasteiger partial charge in [0.15, 0.2) is 23.1 Å². The summed E-state index contributed by atoms with van der Waals surface area (Å²) in [6.45, 7) is 0.716. The van der Waals surface area contributed by atoms with Crippen LogP contribution in [0.5, 0.6) is 23.0 Å². The van der Waals surface area contributed by atoms with Crippen LogP contribution in [0.15, 0.2) is 60.7 Å². The lowest BCUT2D eigenvalue weighted by molar-refractivity contribution is 0.400. The molecule has 0 saturated carbocycles. The molecule has 3 N–H and O–H groups in total. The first kappa shape index (κ1) is 16.4. The van der Waals surface area contributed by atoms with Gasteiger partial charge in [-0.3, -0.25) is 0 Å². The highest BCUT2D eigenvalue weighted by molar-refractivity contribution is 5.51. The molecule has 0 saturated heterocycles. The Hall–Kier alpha value is -3.05. The molecule has 3 aromatic rings. The number of rotatable bonds is 3. The molecule has 0 fully saturated rings. The van der Waals surface area contributed by atoms with Gasteiger partial charge in [0.1, 0.15) is 5.75 Å². The van der Waals surface area contributed by atoms with Crippen LogP contribution in [0, 0.1) is 5.82 Å². The lowest BCUT2D eigenvalue weighted by Gasteiger charge is -2.28. The van der Waals surface area contributed by atoms with E-state index in [1.54, 1.807) is 36.4 Å². The van der Waals surface area contributed by atoms with Gasteiger partial charge in [0, 0.05) is 6.54 Å². The third-order valence-corrected chi connectivity index (χ3v) is 4.55. The van der Waals surface area contributed by atoms with Crippen molar-refractivity contribution in [2.45, 2.75) is 12.5 Å². The van der Waals surface area contributed by atoms with E-state index in [1.807, 2.05) is 18.2 Å². The summed E-state index contributed by atoms with van der Waals surface area (Å²) in [5, 5.41) is 23.0. The van der Waals surface area contributed by atoms with E-state index in [-0.39, 0.29) is 23.3 Å². The average molecular weight is 351 g/mol. The summed E-state index contributed by atoms with van der Waals surface area (Å²) in [4.78, 5) is 0. The predicted molar refractivity (Wildman–Crippen MR) is 96.2 cm³/mol. The topological polar surface area (TPSA) is 61.7 Å². The van der Waals surface area contributed by atoms with E-state index < -0.39 is 5.82 Å². The first-order valence-corrected chi connectivity index (χ1v) is 8.42. The van der Waals surface area contributed by atoms with Gasteiger partial charge in [-0.25, -0.2) is 4.39 Å². The standard InChI is InChI=1S/C21H18FNO3/c22-17-7-6-14(11-20(17)26-15-4-2-1-3-5-15)21-16-12-19(25)18(24)10-13(16)8-9-23-21/h1-7,10-12,21,23-25H,8-9H2/t21-/m0/s1. The molecule has 0 unspecified atom stereocenters. The minimum atomic E-state index is -0.442. The molecule has 0 aromatic heterocycles. The number of ether oxygens (including phenoxy) is 1. The summed E-state index contributed by atoms with van der Waals surface area (Å²) >= 11 is 0. The van der Waals surface area contributed by atoms with Gasteiger partial charge in [-0.05, 0) is 59.5 Å². The molecule has 1 aliphatic rings. The van der Waals surface area contributed by atoms with Crippen LogP contribution in [0.1, 0.15) is 22.7 Å². The van der Waals surface area contributed by atoms with Crippen LogP contribution in [0.4, 0.5) is 4.39 Å². The number of hydrogen-bond acceptors (Lipinski definition) is 4. The van der Waals surface area contributed by atoms with Crippen molar-refractivity contribution in [2.75, 3.05) is 6.54 Å². The maximum Gasteiger partial charge on any atom is 0.165 e. The summed E-state index contributed by atoms with van der Waals surface area (Å²) in [6, 6.07) is 16.7. The van der Waals surface area contributed by atoms with Crippen LogP contribution >= 0.6 is 0 Å². The van der Waals surface area contributed by atoms with Gasteiger partial charge < -0.3 is 20.3 Å². The summed E-state index contributed by atoms with van der Waals surface area (Å²) in [5.41, 5.74) is 2.64. The molecule has 0 spiro atoms. The summed E-state index contributed by atoms with van der Waals surface area (Å²) in [6.07, 6.45) is 0.744. The van der Waals surface area contributed by atoms with Crippen LogP contribution in [-0.2, 0) is 6.42 Å². The number of aromatic hydroxyl groups is 2. The Balaban J connectivity index is 1.71. The van der Waals surface area contributed by atoms with Gasteiger partial charge in [-0.1, -0.05) is 24.3 Å². The van der Waals surface area contributed by atoms with Gasteiger partial charge in [0.25, 0.3) is 0 Å². The molecular formula is C21H18FNO3. The second-order valence-corrected chi connectivity index (χ2v) is 6.28. The van der Waals surface area contributed by atoms with Crippen molar-refractivity contribution in [2.24, 2.45) is 0 Å². The van der Waals surface area contributed by atoms with E-state index in [9.17, 15) is 14.6 Å². The minimum absolute atomic E-state index is 0.128. The fourth-order valence-electron chi connectivity index (χ4n) is 3.27. The van der Waals surface area contributed by atoms with Crippen molar-refractivity contribution in [1.29, 1.82) is 0 Å². The first-order valence-electron chi connectivity index (χ1n) is 8.42. The molecule has 26 heavy (non-hydrogen) atoms. The maximum atomic E-state index is 14.2. The zero-order chi connectivity index (χ0) is 18.1. The number of benzene rings is 3. The van der Waals surface area contributed by atoms with Crippen LogP contribution < -0.4 is 10.1 Å². The van der Waals surface area contributed by atoms with Crippen molar-refractivity contribution < 1.29 is 19.3 Å². The number of phenolic OH excluding ortho intramolecular Hbond substituents is 2. The zero-order valence-electron chi connectivity index (χ0n) is 13.9. The molecule has 1 heterocycles. The van der Waals surface area contributed by atoms with Crippen molar-refractivity contribution >= 4 is 0 Å². The van der Waals surface area contributed by atoms with Gasteiger partial charge >= 0.3 is 0 Å². The maximum absolute atomic E-state index is 14.2. The number of hydrogen-bond donors (Lipinski definition) is 3. The Labute approximate surface area is 150 Å². The number of para-hydroxylation sites is 1. The molecular weight excluding hydrogens is 333 g/mol. The first-order chi connectivity index (χ1) is 12.6. The highest BCUT2D eigenvalue weighted by Gasteiger charge is 2.24. The highest BCUT2D eigenvalue weighted by Crippen LogP contribution is 2.37. The molecule has 5 heteroatoms. The van der Waals surface area contributed by atoms with Crippen molar-refractivity contribution in [3.05, 3.63) is 83.2 Å². The number of phenols is 2. The van der Waals surface area contributed by atoms with Crippen molar-refractivity contribution in [1.82, 2.24) is 5.32 Å². The monoisotopic (exact) mass is 351 g/mol. The number of halogens is 1. The Morgan fingerprint density at radius 2 is 1.73 bits per heavy atom. The highest BCUT2D eigenvalue weighted by atomic mass is 19.1. The second kappa shape index (κ2) is 6.69. The SMILES string of the molecule is Oc1cc2c(cc1O)[C@H](c1ccc(F)c(Oc3ccccc3)c1)NCC2. The smallest absolute Gasteiger partial charge is 0.165 e. The molecule has 1 atom stereocenters. The van der Waals surface area contributed by atoms with E-state index in [2.05, 4.69) is 5.32 Å². The Bertz CT molecular complexity index is 943. The van der Waals surface area contributed by atoms with E-state index in [1.165, 1.54) is 6.07 Å². The Morgan fingerprint density at radius 3 is 2.54 bits per heavy atom. The van der Waals surface area contributed by atoms with Crippen molar-refractivity contribution in [3.8, 4) is 23.0 Å². The predicted octanol–water partition coefficient (Wildman–Crippen LogP) is 4.26. The van der Waals surface area contributed by atoms with Gasteiger partial charge in [0.2, 0.25) is 0 Å². The average Bonchev–Trinajstić information content (AvgIpc) is 2.65. The quantitative estimate of drug-likeness (QED) is 0.617. The minimum Gasteiger partial charge on any atom is -0.504 e. The van der Waals surface area contributed by atoms with E-state index in [0.29, 0.717) is 12.3 Å². The summed E-state index contributed by atoms with van der Waals surface area (Å²) in [5.74, 6) is -0.0344. The summed E-state index contributed by atoms with van der Waals surface area (Å²) in [7, 11) is 0. The van der Waals surface area contributed by atoms with Crippen molar-refractivity contribution in [3.63, 3.8) is 0 Å². The Morgan fingerprint density at radius 1 is 0.962 bits per heavy atom. The molecule has 4 rings (SSSR count). The van der Waals surface area contributed by atoms with E-state index in [4.69, 9.17) is 4.74 Å². The summed E-state index contributed by atoms with van der Waals surface area (Å²) < 4.78 is 19.9. The fraction of sp³-hybridized carbons (Fsp3) is 0.143. The van der Waals surface area contributed by atoms with E-state index in [0.717, 1.165) is 23.1 Å². The largest absolute Gasteiger partial charge is 0.504 e. The normalized spacial score (nSPS) is 16.1. The molecule has 3 aromatic carbocycles. The number of nitrogens with one attached hydrogen (secondary N) is 1. The third-order valence-electron chi connectivity index (χ3n) is 4.55. The molecule has 0 radical (unpaired) electrons. The zero-order valence-corrected chi connectivity index (χ0v) is 13.9. The fourth-order valence-corrected chi connectivity index (χ4v) is 3.27. The third kappa shape index (κ3) is 3.09. The molecule has 1 aliphatic heterocycles. The van der Waals surface area contributed by atoms with Crippen LogP contribution in [-0.4, -0.2) is 16.8 Å². The molecule has 0 bridgehead atoms. The lowest BCUT2D eigenvalue weighted by atomic mass is 9.89. The van der Waals surface area contributed by atoms with E-state index >= 15 is 0 Å². The number of fused-ring (bicyclic) bond motifs is 1. The van der Waals surface area contributed by atoms with Crippen LogP contribution in [0.2, 0.25) is 0 Å². The molecule has 4 nitrogen and oxygen atoms in total. The van der Waals surface area contributed by atoms with Gasteiger partial charge in [0.05, 0.1) is 6.04 Å².